The van der Waals surface area contributed by atoms with Gasteiger partial charge in [-0.1, -0.05) is 72.3 Å². The van der Waals surface area contributed by atoms with E-state index < -0.39 is 20.6 Å². The number of piperidine rings is 1. The Morgan fingerprint density at radius 1 is 0.878 bits per heavy atom. The third-order valence-corrected chi connectivity index (χ3v) is 10.1. The average molecular weight is 594 g/mol. The quantitative estimate of drug-likeness (QED) is 0.366. The Kier molecular flexibility index (Phi) is 8.82. The van der Waals surface area contributed by atoms with Gasteiger partial charge in [0.2, 0.25) is 5.91 Å². The third-order valence-electron chi connectivity index (χ3n) is 8.48. The molecule has 9 heteroatoms. The van der Waals surface area contributed by atoms with Gasteiger partial charge in [0.1, 0.15) is 0 Å². The smallest absolute Gasteiger partial charge is 0.251 e. The Morgan fingerprint density at radius 2 is 1.44 bits per heavy atom. The van der Waals surface area contributed by atoms with Crippen molar-refractivity contribution in [2.45, 2.75) is 37.1 Å². The van der Waals surface area contributed by atoms with E-state index in [1.54, 1.807) is 41.3 Å². The van der Waals surface area contributed by atoms with Crippen molar-refractivity contribution >= 4 is 33.3 Å². The topological polar surface area (TPSA) is 86.8 Å². The molecule has 2 aliphatic heterocycles. The summed E-state index contributed by atoms with van der Waals surface area (Å²) < 4.78 is 25.6. The molecule has 2 amide bonds. The molecule has 0 radical (unpaired) electrons. The number of halogens is 1. The molecular weight excluding hydrogens is 558 g/mol. The molecule has 7 nitrogen and oxygen atoms in total. The standard InChI is InChI=1S/C32H36ClN3O4S/c1-41(39,40)30(26-10-6-3-7-11-26)36-23-19-32(31(36)38)17-21-35(22-18-32)20-16-28(24-8-4-2-5-9-24)34-29(37)25-12-14-27(33)15-13-25/h2-15,28,30H,16-23H2,1H3,(H,34,37). The molecule has 2 saturated heterocycles. The Balaban J connectivity index is 1.22. The van der Waals surface area contributed by atoms with Crippen molar-refractivity contribution in [3.63, 3.8) is 0 Å². The van der Waals surface area contributed by atoms with Crippen molar-refractivity contribution in [1.29, 1.82) is 0 Å². The van der Waals surface area contributed by atoms with Crippen molar-refractivity contribution < 1.29 is 18.0 Å². The van der Waals surface area contributed by atoms with E-state index >= 15 is 0 Å². The summed E-state index contributed by atoms with van der Waals surface area (Å²) in [5.74, 6) is -0.197. The van der Waals surface area contributed by atoms with E-state index in [-0.39, 0.29) is 17.9 Å². The lowest BCUT2D eigenvalue weighted by atomic mass is 9.77. The van der Waals surface area contributed by atoms with Crippen molar-refractivity contribution in [3.8, 4) is 0 Å². The number of sulfone groups is 1. The highest BCUT2D eigenvalue weighted by atomic mass is 35.5. The SMILES string of the molecule is CS(=O)(=O)C(c1ccccc1)N1CCC2(CCN(CCC(NC(=O)c3ccc(Cl)cc3)c3ccccc3)CC2)C1=O. The van der Waals surface area contributed by atoms with E-state index in [2.05, 4.69) is 10.2 Å². The maximum Gasteiger partial charge on any atom is 0.251 e. The zero-order chi connectivity index (χ0) is 29.0. The van der Waals surface area contributed by atoms with E-state index in [0.717, 1.165) is 31.6 Å². The number of nitrogens with one attached hydrogen (secondary N) is 1. The largest absolute Gasteiger partial charge is 0.345 e. The molecule has 0 bridgehead atoms. The van der Waals surface area contributed by atoms with Crippen LogP contribution >= 0.6 is 11.6 Å². The second-order valence-electron chi connectivity index (χ2n) is 11.2. The van der Waals surface area contributed by atoms with E-state index in [4.69, 9.17) is 11.6 Å². The van der Waals surface area contributed by atoms with Gasteiger partial charge < -0.3 is 15.1 Å². The lowest BCUT2D eigenvalue weighted by Gasteiger charge is -2.39. The molecule has 0 saturated carbocycles. The fourth-order valence-corrected chi connectivity index (χ4v) is 7.62. The first-order chi connectivity index (χ1) is 19.7. The van der Waals surface area contributed by atoms with Crippen LogP contribution in [0.15, 0.2) is 84.9 Å². The molecule has 216 valence electrons. The predicted molar refractivity (Wildman–Crippen MR) is 161 cm³/mol. The van der Waals surface area contributed by atoms with Crippen molar-refractivity contribution in [2.24, 2.45) is 5.41 Å². The zero-order valence-corrected chi connectivity index (χ0v) is 24.8. The van der Waals surface area contributed by atoms with Gasteiger partial charge in [0, 0.05) is 29.9 Å². The van der Waals surface area contributed by atoms with Crippen LogP contribution in [0.25, 0.3) is 0 Å². The van der Waals surface area contributed by atoms with Crippen LogP contribution in [0.2, 0.25) is 5.02 Å². The highest BCUT2D eigenvalue weighted by Gasteiger charge is 2.51. The van der Waals surface area contributed by atoms with E-state index in [1.807, 2.05) is 48.5 Å². The van der Waals surface area contributed by atoms with Gasteiger partial charge in [0.25, 0.3) is 5.91 Å². The molecule has 3 aromatic rings. The average Bonchev–Trinajstić information content (AvgIpc) is 3.27. The summed E-state index contributed by atoms with van der Waals surface area (Å²) in [4.78, 5) is 30.7. The lowest BCUT2D eigenvalue weighted by Crippen LogP contribution is -2.46. The molecule has 2 fully saturated rings. The first-order valence-corrected chi connectivity index (χ1v) is 16.4. The van der Waals surface area contributed by atoms with Crippen LogP contribution in [0.1, 0.15) is 58.6 Å². The minimum Gasteiger partial charge on any atom is -0.345 e. The number of likely N-dealkylation sites (tertiary alicyclic amines) is 2. The fourth-order valence-electron chi connectivity index (χ4n) is 6.18. The van der Waals surface area contributed by atoms with Crippen LogP contribution in [0, 0.1) is 5.41 Å². The molecule has 1 N–H and O–H groups in total. The summed E-state index contributed by atoms with van der Waals surface area (Å²) in [6.45, 7) is 2.71. The van der Waals surface area contributed by atoms with Crippen LogP contribution in [-0.4, -0.2) is 62.5 Å². The molecule has 0 aliphatic carbocycles. The van der Waals surface area contributed by atoms with Crippen molar-refractivity contribution in [3.05, 3.63) is 107 Å². The first-order valence-electron chi connectivity index (χ1n) is 14.0. The van der Waals surface area contributed by atoms with Crippen molar-refractivity contribution in [2.75, 3.05) is 32.4 Å². The third kappa shape index (κ3) is 6.66. The van der Waals surface area contributed by atoms with Gasteiger partial charge in [-0.05, 0) is 74.2 Å². The molecule has 41 heavy (non-hydrogen) atoms. The van der Waals surface area contributed by atoms with E-state index in [1.165, 1.54) is 6.26 Å². The number of hydrogen-bond donors (Lipinski definition) is 1. The monoisotopic (exact) mass is 593 g/mol. The number of amides is 2. The van der Waals surface area contributed by atoms with Gasteiger partial charge in [-0.2, -0.15) is 0 Å². The van der Waals surface area contributed by atoms with Gasteiger partial charge >= 0.3 is 0 Å². The predicted octanol–water partition coefficient (Wildman–Crippen LogP) is 5.26. The zero-order valence-electron chi connectivity index (χ0n) is 23.2. The molecule has 3 aromatic carbocycles. The van der Waals surface area contributed by atoms with Gasteiger partial charge in [-0.3, -0.25) is 9.59 Å². The van der Waals surface area contributed by atoms with Crippen LogP contribution in [0.5, 0.6) is 0 Å². The summed E-state index contributed by atoms with van der Waals surface area (Å²) in [5, 5.41) is 2.81. The van der Waals surface area contributed by atoms with Gasteiger partial charge in [0.05, 0.1) is 11.5 Å². The Hall–Kier alpha value is -3.20. The normalized spacial score (nSPS) is 18.8. The maximum absolute atomic E-state index is 13.8. The van der Waals surface area contributed by atoms with Crippen LogP contribution in [-0.2, 0) is 14.6 Å². The second-order valence-corrected chi connectivity index (χ2v) is 13.7. The molecular formula is C32H36ClN3O4S. The molecule has 2 heterocycles. The van der Waals surface area contributed by atoms with Crippen LogP contribution in [0.3, 0.4) is 0 Å². The fraction of sp³-hybridized carbons (Fsp3) is 0.375. The van der Waals surface area contributed by atoms with E-state index in [9.17, 15) is 18.0 Å². The molecule has 2 aliphatic rings. The number of nitrogens with zero attached hydrogens (tertiary/aromatic N) is 2. The first kappa shape index (κ1) is 29.3. The Morgan fingerprint density at radius 3 is 2.02 bits per heavy atom. The molecule has 1 spiro atoms. The minimum absolute atomic E-state index is 0.0474. The highest BCUT2D eigenvalue weighted by molar-refractivity contribution is 7.90. The number of benzene rings is 3. The number of carbonyl (C=O) groups is 2. The maximum atomic E-state index is 13.8. The summed E-state index contributed by atoms with van der Waals surface area (Å²) >= 11 is 5.99. The highest BCUT2D eigenvalue weighted by Crippen LogP contribution is 2.45. The van der Waals surface area contributed by atoms with Gasteiger partial charge in [-0.25, -0.2) is 8.42 Å². The minimum atomic E-state index is -3.52. The lowest BCUT2D eigenvalue weighted by molar-refractivity contribution is -0.139. The number of carbonyl (C=O) groups excluding carboxylic acids is 2. The molecule has 5 rings (SSSR count). The second kappa shape index (κ2) is 12.3. The van der Waals surface area contributed by atoms with Crippen LogP contribution < -0.4 is 5.32 Å². The van der Waals surface area contributed by atoms with E-state index in [0.29, 0.717) is 42.0 Å². The van der Waals surface area contributed by atoms with Gasteiger partial charge in [-0.15, -0.1) is 0 Å². The van der Waals surface area contributed by atoms with Gasteiger partial charge in [0.15, 0.2) is 15.2 Å². The summed E-state index contributed by atoms with van der Waals surface area (Å²) in [6, 6.07) is 25.7. The Labute approximate surface area is 247 Å². The molecule has 0 aromatic heterocycles. The summed E-state index contributed by atoms with van der Waals surface area (Å²) in [7, 11) is -3.52. The Bertz CT molecular complexity index is 1460. The van der Waals surface area contributed by atoms with Crippen molar-refractivity contribution in [1.82, 2.24) is 15.1 Å². The molecule has 2 unspecified atom stereocenters. The van der Waals surface area contributed by atoms with Crippen LogP contribution in [0.4, 0.5) is 0 Å². The number of rotatable bonds is 9. The number of hydrogen-bond acceptors (Lipinski definition) is 5. The summed E-state index contributed by atoms with van der Waals surface area (Å²) in [6.07, 6.45) is 3.99. The summed E-state index contributed by atoms with van der Waals surface area (Å²) in [5.41, 5.74) is 1.71. The molecule has 2 atom stereocenters.